The summed E-state index contributed by atoms with van der Waals surface area (Å²) in [7, 11) is 2.98. The van der Waals surface area contributed by atoms with E-state index in [1.165, 1.54) is 20.4 Å². The maximum absolute atomic E-state index is 12.5. The molecular weight excluding hydrogens is 566 g/mol. The molecule has 3 aromatic rings. The zero-order valence-corrected chi connectivity index (χ0v) is 22.7. The summed E-state index contributed by atoms with van der Waals surface area (Å²) in [4.78, 5) is 24.8. The predicted molar refractivity (Wildman–Crippen MR) is 145 cm³/mol. The molecule has 3 aromatic carbocycles. The van der Waals surface area contributed by atoms with E-state index in [4.69, 9.17) is 30.5 Å². The lowest BCUT2D eigenvalue weighted by Crippen LogP contribution is -2.20. The quantitative estimate of drug-likeness (QED) is 0.232. The topological polar surface area (TPSA) is 107 Å². The van der Waals surface area contributed by atoms with Gasteiger partial charge in [-0.05, 0) is 83.0 Å². The van der Waals surface area contributed by atoms with Crippen LogP contribution in [0.2, 0.25) is 5.02 Å². The van der Waals surface area contributed by atoms with Crippen LogP contribution in [0.1, 0.15) is 22.8 Å². The Balaban J connectivity index is 1.63. The van der Waals surface area contributed by atoms with Gasteiger partial charge in [0.1, 0.15) is 0 Å². The van der Waals surface area contributed by atoms with Crippen molar-refractivity contribution in [2.75, 3.05) is 32.8 Å². The summed E-state index contributed by atoms with van der Waals surface area (Å²) in [5.74, 6) is 0.941. The first kappa shape index (κ1) is 27.8. The molecule has 0 unspecified atom stereocenters. The average molecular weight is 591 g/mol. The van der Waals surface area contributed by atoms with Crippen LogP contribution in [-0.4, -0.2) is 45.5 Å². The number of hydrogen-bond donors (Lipinski definition) is 2. The molecule has 2 N–H and O–H groups in total. The van der Waals surface area contributed by atoms with Crippen molar-refractivity contribution in [3.05, 3.63) is 75.2 Å². The number of carbonyl (C=O) groups excluding carboxylic acids is 2. The van der Waals surface area contributed by atoms with Crippen LogP contribution in [0.15, 0.2) is 64.2 Å². The van der Waals surface area contributed by atoms with Gasteiger partial charge in [-0.1, -0.05) is 11.6 Å². The molecule has 0 aromatic heterocycles. The minimum absolute atomic E-state index is 0.243. The van der Waals surface area contributed by atoms with Crippen LogP contribution in [0, 0.1) is 0 Å². The second kappa shape index (κ2) is 13.5. The highest BCUT2D eigenvalue weighted by atomic mass is 79.9. The van der Waals surface area contributed by atoms with Crippen LogP contribution in [0.25, 0.3) is 0 Å². The molecule has 3 rings (SSSR count). The molecule has 11 heteroatoms. The van der Waals surface area contributed by atoms with E-state index in [1.807, 2.05) is 6.92 Å². The number of benzene rings is 3. The summed E-state index contributed by atoms with van der Waals surface area (Å²) in [6, 6.07) is 15.0. The van der Waals surface area contributed by atoms with Gasteiger partial charge in [-0.25, -0.2) is 5.43 Å². The molecule has 0 spiro atoms. The summed E-state index contributed by atoms with van der Waals surface area (Å²) < 4.78 is 22.4. The Kier molecular flexibility index (Phi) is 10.2. The molecule has 0 aliphatic heterocycles. The molecular formula is C26H25BrClN3O6. The monoisotopic (exact) mass is 589 g/mol. The van der Waals surface area contributed by atoms with Gasteiger partial charge in [0.2, 0.25) is 0 Å². The van der Waals surface area contributed by atoms with Crippen molar-refractivity contribution >= 4 is 51.2 Å². The molecule has 0 aliphatic carbocycles. The lowest BCUT2D eigenvalue weighted by atomic mass is 10.2. The largest absolute Gasteiger partial charge is 0.493 e. The van der Waals surface area contributed by atoms with E-state index < -0.39 is 5.91 Å². The Morgan fingerprint density at radius 2 is 1.70 bits per heavy atom. The van der Waals surface area contributed by atoms with Crippen LogP contribution in [0.4, 0.5) is 5.69 Å². The average Bonchev–Trinajstić information content (AvgIpc) is 2.89. The lowest BCUT2D eigenvalue weighted by Gasteiger charge is -2.13. The van der Waals surface area contributed by atoms with Crippen molar-refractivity contribution in [2.24, 2.45) is 5.10 Å². The molecule has 0 heterocycles. The first-order chi connectivity index (χ1) is 17.8. The van der Waals surface area contributed by atoms with Crippen molar-refractivity contribution in [1.82, 2.24) is 5.43 Å². The Hall–Kier alpha value is -3.76. The van der Waals surface area contributed by atoms with Gasteiger partial charge in [0.25, 0.3) is 11.8 Å². The van der Waals surface area contributed by atoms with E-state index in [0.717, 1.165) is 0 Å². The fourth-order valence-corrected chi connectivity index (χ4v) is 3.84. The number of ether oxygens (including phenoxy) is 4. The van der Waals surface area contributed by atoms with Crippen LogP contribution in [-0.2, 0) is 4.79 Å². The summed E-state index contributed by atoms with van der Waals surface area (Å²) in [5.41, 5.74) is 4.05. The second-order valence-electron chi connectivity index (χ2n) is 7.38. The highest BCUT2D eigenvalue weighted by Crippen LogP contribution is 2.36. The van der Waals surface area contributed by atoms with E-state index in [9.17, 15) is 9.59 Å². The third-order valence-corrected chi connectivity index (χ3v) is 5.67. The van der Waals surface area contributed by atoms with E-state index in [1.54, 1.807) is 54.6 Å². The van der Waals surface area contributed by atoms with Crippen molar-refractivity contribution < 1.29 is 28.5 Å². The number of methoxy groups -OCH3 is 2. The number of halogens is 2. The van der Waals surface area contributed by atoms with E-state index in [-0.39, 0.29) is 12.5 Å². The highest BCUT2D eigenvalue weighted by molar-refractivity contribution is 9.10. The number of carbonyl (C=O) groups is 2. The van der Waals surface area contributed by atoms with E-state index in [0.29, 0.717) is 55.9 Å². The predicted octanol–water partition coefficient (Wildman–Crippen LogP) is 5.30. The standard InChI is InChI=1S/C26H25BrClN3O6/c1-4-36-21-10-5-17(13-22(21)34-2)26(33)31-29-14-16-11-20(27)25(23(12-16)35-3)37-15-24(32)30-19-8-6-18(28)7-9-19/h5-14H,4,15H2,1-3H3,(H,30,32)(H,31,33)/b29-14+. The van der Waals surface area contributed by atoms with Crippen molar-refractivity contribution in [1.29, 1.82) is 0 Å². The van der Waals surface area contributed by atoms with Gasteiger partial charge in [-0.3, -0.25) is 9.59 Å². The van der Waals surface area contributed by atoms with Crippen LogP contribution >= 0.6 is 27.5 Å². The molecule has 0 radical (unpaired) electrons. The summed E-state index contributed by atoms with van der Waals surface area (Å²) >= 11 is 9.29. The summed E-state index contributed by atoms with van der Waals surface area (Å²) in [6.45, 7) is 2.10. The molecule has 0 saturated heterocycles. The Bertz CT molecular complexity index is 1280. The van der Waals surface area contributed by atoms with Gasteiger partial charge in [0, 0.05) is 16.3 Å². The number of hydrazone groups is 1. The normalized spacial score (nSPS) is 10.6. The maximum atomic E-state index is 12.5. The third-order valence-electron chi connectivity index (χ3n) is 4.83. The van der Waals surface area contributed by atoms with Crippen molar-refractivity contribution in [3.63, 3.8) is 0 Å². The minimum Gasteiger partial charge on any atom is -0.493 e. The second-order valence-corrected chi connectivity index (χ2v) is 8.67. The van der Waals surface area contributed by atoms with Crippen LogP contribution in [0.5, 0.6) is 23.0 Å². The first-order valence-corrected chi connectivity index (χ1v) is 12.2. The number of amides is 2. The summed E-state index contributed by atoms with van der Waals surface area (Å²) in [5, 5.41) is 7.31. The maximum Gasteiger partial charge on any atom is 0.271 e. The molecule has 37 heavy (non-hydrogen) atoms. The molecule has 0 saturated carbocycles. The molecule has 194 valence electrons. The fraction of sp³-hybridized carbons (Fsp3) is 0.192. The molecule has 9 nitrogen and oxygen atoms in total. The number of hydrogen-bond acceptors (Lipinski definition) is 7. The van der Waals surface area contributed by atoms with Gasteiger partial charge in [-0.15, -0.1) is 0 Å². The number of rotatable bonds is 11. The number of nitrogens with one attached hydrogen (secondary N) is 2. The highest BCUT2D eigenvalue weighted by Gasteiger charge is 2.14. The Morgan fingerprint density at radius 3 is 2.38 bits per heavy atom. The van der Waals surface area contributed by atoms with Crippen molar-refractivity contribution in [3.8, 4) is 23.0 Å². The van der Waals surface area contributed by atoms with Gasteiger partial charge < -0.3 is 24.3 Å². The fourth-order valence-electron chi connectivity index (χ4n) is 3.14. The van der Waals surface area contributed by atoms with Gasteiger partial charge in [0.15, 0.2) is 29.6 Å². The zero-order valence-electron chi connectivity index (χ0n) is 20.3. The minimum atomic E-state index is -0.421. The molecule has 0 bridgehead atoms. The van der Waals surface area contributed by atoms with Crippen LogP contribution in [0.3, 0.4) is 0 Å². The van der Waals surface area contributed by atoms with Gasteiger partial charge in [0.05, 0.1) is 31.5 Å². The summed E-state index contributed by atoms with van der Waals surface area (Å²) in [6.07, 6.45) is 1.45. The van der Waals surface area contributed by atoms with E-state index in [2.05, 4.69) is 31.8 Å². The van der Waals surface area contributed by atoms with E-state index >= 15 is 0 Å². The van der Waals surface area contributed by atoms with Gasteiger partial charge in [-0.2, -0.15) is 5.10 Å². The number of anilines is 1. The molecule has 0 atom stereocenters. The Morgan fingerprint density at radius 1 is 0.973 bits per heavy atom. The molecule has 0 fully saturated rings. The molecule has 0 aliphatic rings. The smallest absolute Gasteiger partial charge is 0.271 e. The number of nitrogens with zero attached hydrogens (tertiary/aromatic N) is 1. The zero-order chi connectivity index (χ0) is 26.8. The van der Waals surface area contributed by atoms with Crippen molar-refractivity contribution in [2.45, 2.75) is 6.92 Å². The lowest BCUT2D eigenvalue weighted by molar-refractivity contribution is -0.118. The molecule has 2 amide bonds. The Labute approximate surface area is 227 Å². The third kappa shape index (κ3) is 7.86. The van der Waals surface area contributed by atoms with Gasteiger partial charge >= 0.3 is 0 Å². The van der Waals surface area contributed by atoms with Crippen LogP contribution < -0.4 is 29.7 Å². The first-order valence-electron chi connectivity index (χ1n) is 11.0. The SMILES string of the molecule is CCOc1ccc(C(=O)N/N=C/c2cc(Br)c(OCC(=O)Nc3ccc(Cl)cc3)c(OC)c2)cc1OC.